The van der Waals surface area contributed by atoms with Crippen LogP contribution in [-0.2, 0) is 14.3 Å². The van der Waals surface area contributed by atoms with Gasteiger partial charge in [0.15, 0.2) is 5.78 Å². The fraction of sp³-hybridized carbons (Fsp3) is 0.667. The largest absolute Gasteiger partial charge is 0.361 e. The summed E-state index contributed by atoms with van der Waals surface area (Å²) in [5.74, 6) is 0.344. The Labute approximate surface area is 88.5 Å². The summed E-state index contributed by atoms with van der Waals surface area (Å²) in [6.07, 6.45) is 3.65. The molecule has 2 fully saturated rings. The highest BCUT2D eigenvalue weighted by molar-refractivity contribution is 5.98. The van der Waals surface area contributed by atoms with Crippen LogP contribution < -0.4 is 0 Å². The third-order valence-corrected chi connectivity index (χ3v) is 3.90. The third-order valence-electron chi connectivity index (χ3n) is 3.90. The maximum absolute atomic E-state index is 11.9. The molecule has 15 heavy (non-hydrogen) atoms. The van der Waals surface area contributed by atoms with Gasteiger partial charge in [-0.2, -0.15) is 0 Å². The van der Waals surface area contributed by atoms with E-state index in [1.54, 1.807) is 6.08 Å². The van der Waals surface area contributed by atoms with E-state index in [0.29, 0.717) is 6.42 Å². The molecule has 0 radical (unpaired) electrons. The summed E-state index contributed by atoms with van der Waals surface area (Å²) in [4.78, 5) is 23.6. The van der Waals surface area contributed by atoms with E-state index < -0.39 is 0 Å². The van der Waals surface area contributed by atoms with Gasteiger partial charge in [-0.1, -0.05) is 6.92 Å². The number of rotatable bonds is 0. The van der Waals surface area contributed by atoms with E-state index in [9.17, 15) is 9.59 Å². The summed E-state index contributed by atoms with van der Waals surface area (Å²) >= 11 is 0. The number of hydrogen-bond donors (Lipinski definition) is 0. The second kappa shape index (κ2) is 3.01. The van der Waals surface area contributed by atoms with Crippen LogP contribution in [0.25, 0.3) is 0 Å². The molecule has 2 heterocycles. The fourth-order valence-electron chi connectivity index (χ4n) is 3.13. The summed E-state index contributed by atoms with van der Waals surface area (Å²) in [5.41, 5.74) is 1.05. The second-order valence-corrected chi connectivity index (χ2v) is 4.80. The minimum Gasteiger partial charge on any atom is -0.361 e. The zero-order valence-electron chi connectivity index (χ0n) is 8.73. The molecule has 3 rings (SSSR count). The van der Waals surface area contributed by atoms with Gasteiger partial charge in [0.1, 0.15) is 11.9 Å². The summed E-state index contributed by atoms with van der Waals surface area (Å²) in [5, 5.41) is 0. The highest BCUT2D eigenvalue weighted by Gasteiger charge is 2.52. The number of carbonyl (C=O) groups is 2. The standard InChI is InChI=1S/C12H14O3/c1-6-10-8(13)4-2-3-7-5-9(14)11(6)15-12(7)10/h5-6,10-12H,2-4H2,1H3/t6-,10-,11+,12+/m0/s1. The molecule has 1 saturated heterocycles. The van der Waals surface area contributed by atoms with Crippen LogP contribution in [0.1, 0.15) is 26.2 Å². The maximum Gasteiger partial charge on any atom is 0.184 e. The first-order chi connectivity index (χ1) is 7.18. The number of Topliss-reactive ketones (excluding diaryl/α,β-unsaturated/α-hetero) is 1. The Kier molecular flexibility index (Phi) is 1.87. The number of carbonyl (C=O) groups excluding carboxylic acids is 2. The molecule has 0 N–H and O–H groups in total. The van der Waals surface area contributed by atoms with Crippen LogP contribution in [0.5, 0.6) is 0 Å². The fourth-order valence-corrected chi connectivity index (χ4v) is 3.13. The Balaban J connectivity index is 2.08. The monoisotopic (exact) mass is 206 g/mol. The number of ketones is 2. The van der Waals surface area contributed by atoms with Crippen molar-refractivity contribution in [3.05, 3.63) is 11.6 Å². The molecule has 3 heteroatoms. The molecule has 80 valence electrons. The summed E-state index contributed by atoms with van der Waals surface area (Å²) < 4.78 is 5.70. The lowest BCUT2D eigenvalue weighted by Crippen LogP contribution is -2.28. The van der Waals surface area contributed by atoms with E-state index in [-0.39, 0.29) is 35.6 Å². The Morgan fingerprint density at radius 1 is 1.27 bits per heavy atom. The van der Waals surface area contributed by atoms with Crippen LogP contribution in [0.3, 0.4) is 0 Å². The van der Waals surface area contributed by atoms with Crippen molar-refractivity contribution in [3.63, 3.8) is 0 Å². The van der Waals surface area contributed by atoms with Gasteiger partial charge in [-0.25, -0.2) is 0 Å². The molecule has 3 aliphatic rings. The molecule has 4 atom stereocenters. The van der Waals surface area contributed by atoms with E-state index in [1.165, 1.54) is 0 Å². The van der Waals surface area contributed by atoms with Crippen LogP contribution in [0.4, 0.5) is 0 Å². The molecule has 1 aliphatic carbocycles. The molecule has 0 amide bonds. The highest BCUT2D eigenvalue weighted by Crippen LogP contribution is 2.44. The summed E-state index contributed by atoms with van der Waals surface area (Å²) in [6, 6.07) is 0. The molecular formula is C12H14O3. The Morgan fingerprint density at radius 3 is 2.87 bits per heavy atom. The molecule has 3 nitrogen and oxygen atoms in total. The zero-order valence-corrected chi connectivity index (χ0v) is 8.73. The van der Waals surface area contributed by atoms with Crippen molar-refractivity contribution in [1.29, 1.82) is 0 Å². The van der Waals surface area contributed by atoms with Gasteiger partial charge in [0.25, 0.3) is 0 Å². The molecule has 0 aromatic carbocycles. The van der Waals surface area contributed by atoms with Gasteiger partial charge in [0, 0.05) is 12.3 Å². The average Bonchev–Trinajstić information content (AvgIpc) is 2.39. The first-order valence-corrected chi connectivity index (χ1v) is 5.61. The van der Waals surface area contributed by atoms with Crippen LogP contribution in [0.2, 0.25) is 0 Å². The lowest BCUT2D eigenvalue weighted by Gasteiger charge is -2.20. The van der Waals surface area contributed by atoms with Crippen molar-refractivity contribution < 1.29 is 14.3 Å². The van der Waals surface area contributed by atoms with E-state index in [1.807, 2.05) is 6.92 Å². The molecule has 0 spiro atoms. The Bertz CT molecular complexity index is 369. The molecule has 2 bridgehead atoms. The van der Waals surface area contributed by atoms with Gasteiger partial charge in [-0.15, -0.1) is 0 Å². The Hall–Kier alpha value is -0.960. The van der Waals surface area contributed by atoms with Gasteiger partial charge in [-0.05, 0) is 24.5 Å². The van der Waals surface area contributed by atoms with Crippen LogP contribution in [0, 0.1) is 11.8 Å². The number of fused-ring (bicyclic) bond motifs is 1. The van der Waals surface area contributed by atoms with E-state index in [4.69, 9.17) is 4.74 Å². The zero-order chi connectivity index (χ0) is 10.6. The van der Waals surface area contributed by atoms with Crippen LogP contribution in [0.15, 0.2) is 11.6 Å². The highest BCUT2D eigenvalue weighted by atomic mass is 16.5. The Morgan fingerprint density at radius 2 is 2.07 bits per heavy atom. The predicted octanol–water partition coefficient (Wildman–Crippen LogP) is 1.27. The van der Waals surface area contributed by atoms with E-state index >= 15 is 0 Å². The minimum absolute atomic E-state index is 0.0573. The van der Waals surface area contributed by atoms with Crippen LogP contribution >= 0.6 is 0 Å². The van der Waals surface area contributed by atoms with Crippen molar-refractivity contribution in [2.24, 2.45) is 11.8 Å². The minimum atomic E-state index is -0.356. The molecule has 2 aliphatic heterocycles. The van der Waals surface area contributed by atoms with Crippen molar-refractivity contribution in [1.82, 2.24) is 0 Å². The number of ether oxygens (including phenoxy) is 1. The smallest absolute Gasteiger partial charge is 0.184 e. The molecular weight excluding hydrogens is 192 g/mol. The van der Waals surface area contributed by atoms with Gasteiger partial charge < -0.3 is 4.74 Å². The predicted molar refractivity (Wildman–Crippen MR) is 53.3 cm³/mol. The van der Waals surface area contributed by atoms with E-state index in [2.05, 4.69) is 0 Å². The van der Waals surface area contributed by atoms with Gasteiger partial charge in [0.2, 0.25) is 0 Å². The van der Waals surface area contributed by atoms with Crippen molar-refractivity contribution in [2.45, 2.75) is 38.4 Å². The quantitative estimate of drug-likeness (QED) is 0.599. The molecule has 0 aromatic rings. The van der Waals surface area contributed by atoms with Crippen LogP contribution in [-0.4, -0.2) is 23.8 Å². The maximum atomic E-state index is 11.9. The lowest BCUT2D eigenvalue weighted by molar-refractivity contribution is -0.127. The molecule has 0 unspecified atom stereocenters. The third kappa shape index (κ3) is 1.16. The second-order valence-electron chi connectivity index (χ2n) is 4.80. The molecule has 0 aromatic heterocycles. The van der Waals surface area contributed by atoms with Gasteiger partial charge in [-0.3, -0.25) is 9.59 Å². The SMILES string of the molecule is C[C@H]1[C@H]2C(=O)CCCC3=CC(=O)[C@@H]1O[C@H]32. The molecule has 1 saturated carbocycles. The average molecular weight is 206 g/mol. The lowest BCUT2D eigenvalue weighted by atomic mass is 9.85. The topological polar surface area (TPSA) is 43.4 Å². The summed E-state index contributed by atoms with van der Waals surface area (Å²) in [7, 11) is 0. The van der Waals surface area contributed by atoms with E-state index in [0.717, 1.165) is 18.4 Å². The summed E-state index contributed by atoms with van der Waals surface area (Å²) in [6.45, 7) is 1.97. The normalized spacial score (nSPS) is 43.9. The van der Waals surface area contributed by atoms with Crippen molar-refractivity contribution in [3.8, 4) is 0 Å². The van der Waals surface area contributed by atoms with Crippen molar-refractivity contribution in [2.75, 3.05) is 0 Å². The van der Waals surface area contributed by atoms with Gasteiger partial charge in [0.05, 0.1) is 12.0 Å². The number of hydrogen-bond acceptors (Lipinski definition) is 3. The van der Waals surface area contributed by atoms with Crippen molar-refractivity contribution >= 4 is 11.6 Å². The van der Waals surface area contributed by atoms with Gasteiger partial charge >= 0.3 is 0 Å². The first kappa shape index (κ1) is 9.28. The first-order valence-electron chi connectivity index (χ1n) is 5.61.